The van der Waals surface area contributed by atoms with Gasteiger partial charge in [0.1, 0.15) is 5.56 Å². The molecular weight excluding hydrogens is 284 g/mol. The van der Waals surface area contributed by atoms with Crippen molar-refractivity contribution in [1.29, 1.82) is 0 Å². The van der Waals surface area contributed by atoms with Crippen molar-refractivity contribution in [3.05, 3.63) is 39.7 Å². The van der Waals surface area contributed by atoms with Gasteiger partial charge >= 0.3 is 5.97 Å². The number of aromatic hydroxyl groups is 1. The number of carbonyl (C=O) groups excluding carboxylic acids is 1. The first-order valence-electron chi connectivity index (χ1n) is 6.33. The third kappa shape index (κ3) is 2.35. The minimum atomic E-state index is -1.44. The molecule has 0 saturated carbocycles. The Bertz CT molecular complexity index is 783. The van der Waals surface area contributed by atoms with Crippen LogP contribution in [-0.4, -0.2) is 22.2 Å². The van der Waals surface area contributed by atoms with E-state index >= 15 is 0 Å². The molecule has 21 heavy (non-hydrogen) atoms. The first kappa shape index (κ1) is 15.0. The van der Waals surface area contributed by atoms with Gasteiger partial charge in [0.05, 0.1) is 17.5 Å². The van der Waals surface area contributed by atoms with Crippen molar-refractivity contribution in [2.24, 2.45) is 0 Å². The number of benzene rings is 1. The molecule has 2 aromatic rings. The zero-order chi connectivity index (χ0) is 15.7. The molecule has 0 atom stereocenters. The maximum Gasteiger partial charge on any atom is 0.343 e. The van der Waals surface area contributed by atoms with E-state index in [0.29, 0.717) is 0 Å². The number of hydrogen-bond acceptors (Lipinski definition) is 4. The number of carbonyl (C=O) groups is 1. The maximum atomic E-state index is 14.0. The molecule has 1 heterocycles. The summed E-state index contributed by atoms with van der Waals surface area (Å²) in [4.78, 5) is 24.0. The number of rotatable bonds is 3. The van der Waals surface area contributed by atoms with Crippen LogP contribution in [0.15, 0.2) is 17.1 Å². The average Bonchev–Trinajstić information content (AvgIpc) is 2.46. The Kier molecular flexibility index (Phi) is 3.93. The minimum absolute atomic E-state index is 0.0749. The van der Waals surface area contributed by atoms with Crippen LogP contribution in [0.4, 0.5) is 8.78 Å². The number of phenolic OH excluding ortho intramolecular Hbond substituents is 1. The molecule has 0 aliphatic rings. The third-order valence-corrected chi connectivity index (χ3v) is 3.06. The van der Waals surface area contributed by atoms with Crippen LogP contribution in [0.2, 0.25) is 0 Å². The highest BCUT2D eigenvalue weighted by atomic mass is 19.2. The summed E-state index contributed by atoms with van der Waals surface area (Å²) in [6, 6.07) is 0.810. The van der Waals surface area contributed by atoms with Crippen LogP contribution in [0.1, 0.15) is 24.2 Å². The van der Waals surface area contributed by atoms with E-state index in [-0.39, 0.29) is 29.6 Å². The van der Waals surface area contributed by atoms with Gasteiger partial charge in [-0.3, -0.25) is 4.79 Å². The van der Waals surface area contributed by atoms with Crippen molar-refractivity contribution >= 4 is 16.9 Å². The molecule has 1 aromatic carbocycles. The van der Waals surface area contributed by atoms with Gasteiger partial charge in [-0.05, 0) is 19.9 Å². The molecule has 112 valence electrons. The molecule has 5 nitrogen and oxygen atoms in total. The van der Waals surface area contributed by atoms with Crippen LogP contribution in [0.3, 0.4) is 0 Å². The smallest absolute Gasteiger partial charge is 0.343 e. The van der Waals surface area contributed by atoms with Crippen molar-refractivity contribution in [3.63, 3.8) is 0 Å². The predicted molar refractivity (Wildman–Crippen MR) is 71.4 cm³/mol. The maximum absolute atomic E-state index is 14.0. The topological polar surface area (TPSA) is 68.5 Å². The average molecular weight is 297 g/mol. The van der Waals surface area contributed by atoms with Crippen molar-refractivity contribution < 1.29 is 23.4 Å². The molecule has 0 aliphatic carbocycles. The lowest BCUT2D eigenvalue weighted by atomic mass is 10.1. The largest absolute Gasteiger partial charge is 0.505 e. The Morgan fingerprint density at radius 3 is 2.57 bits per heavy atom. The predicted octanol–water partition coefficient (Wildman–Crippen LogP) is 2.18. The zero-order valence-electron chi connectivity index (χ0n) is 11.4. The quantitative estimate of drug-likeness (QED) is 0.882. The van der Waals surface area contributed by atoms with Crippen LogP contribution in [0.25, 0.3) is 10.9 Å². The van der Waals surface area contributed by atoms with Gasteiger partial charge < -0.3 is 14.4 Å². The van der Waals surface area contributed by atoms with E-state index in [1.54, 1.807) is 13.8 Å². The van der Waals surface area contributed by atoms with Gasteiger partial charge in [-0.1, -0.05) is 0 Å². The van der Waals surface area contributed by atoms with E-state index in [1.165, 1.54) is 4.57 Å². The zero-order valence-corrected chi connectivity index (χ0v) is 11.4. The summed E-state index contributed by atoms with van der Waals surface area (Å²) in [5, 5.41) is 9.06. The molecule has 2 rings (SSSR count). The lowest BCUT2D eigenvalue weighted by molar-refractivity contribution is 0.0524. The number of esters is 1. The molecule has 0 radical (unpaired) electrons. The van der Waals surface area contributed by atoms with Gasteiger partial charge in [0.2, 0.25) is 11.2 Å². The van der Waals surface area contributed by atoms with Crippen molar-refractivity contribution in [2.75, 3.05) is 6.61 Å². The highest BCUT2D eigenvalue weighted by Crippen LogP contribution is 2.26. The lowest BCUT2D eigenvalue weighted by Gasteiger charge is -2.12. The highest BCUT2D eigenvalue weighted by molar-refractivity contribution is 5.94. The molecule has 1 N–H and O–H groups in total. The fourth-order valence-electron chi connectivity index (χ4n) is 2.08. The molecule has 1 aromatic heterocycles. The first-order valence-corrected chi connectivity index (χ1v) is 6.33. The Balaban J connectivity index is 2.90. The number of halogens is 2. The fraction of sp³-hybridized carbons (Fsp3) is 0.286. The number of hydrogen-bond donors (Lipinski definition) is 1. The van der Waals surface area contributed by atoms with Crippen LogP contribution >= 0.6 is 0 Å². The van der Waals surface area contributed by atoms with E-state index in [4.69, 9.17) is 4.74 Å². The minimum Gasteiger partial charge on any atom is -0.505 e. The Morgan fingerprint density at radius 1 is 1.33 bits per heavy atom. The van der Waals surface area contributed by atoms with Gasteiger partial charge in [0, 0.05) is 12.7 Å². The number of phenols is 1. The number of nitrogens with zero attached hydrogens (tertiary/aromatic N) is 1. The van der Waals surface area contributed by atoms with Gasteiger partial charge in [-0.15, -0.1) is 0 Å². The Hall–Kier alpha value is -2.44. The Morgan fingerprint density at radius 2 is 2.00 bits per heavy atom. The van der Waals surface area contributed by atoms with Crippen molar-refractivity contribution in [3.8, 4) is 5.75 Å². The Labute approximate surface area is 118 Å². The second-order valence-electron chi connectivity index (χ2n) is 4.30. The van der Waals surface area contributed by atoms with E-state index in [2.05, 4.69) is 0 Å². The van der Waals surface area contributed by atoms with E-state index in [0.717, 1.165) is 12.3 Å². The van der Waals surface area contributed by atoms with Gasteiger partial charge in [-0.25, -0.2) is 9.18 Å². The van der Waals surface area contributed by atoms with Crippen LogP contribution in [-0.2, 0) is 11.3 Å². The van der Waals surface area contributed by atoms with E-state index in [9.17, 15) is 23.5 Å². The first-order chi connectivity index (χ1) is 9.92. The van der Waals surface area contributed by atoms with Gasteiger partial charge in [0.15, 0.2) is 11.6 Å². The summed E-state index contributed by atoms with van der Waals surface area (Å²) < 4.78 is 33.4. The fourth-order valence-corrected chi connectivity index (χ4v) is 2.08. The second-order valence-corrected chi connectivity index (χ2v) is 4.30. The van der Waals surface area contributed by atoms with E-state index < -0.39 is 28.8 Å². The molecule has 0 bridgehead atoms. The summed E-state index contributed by atoms with van der Waals surface area (Å²) in [6.45, 7) is 3.50. The molecule has 0 spiro atoms. The number of fused-ring (bicyclic) bond motifs is 1. The van der Waals surface area contributed by atoms with Crippen LogP contribution < -0.4 is 5.43 Å². The van der Waals surface area contributed by atoms with Crippen molar-refractivity contribution in [2.45, 2.75) is 20.4 Å². The number of ether oxygens (including phenoxy) is 1. The molecular formula is C14H13F2NO4. The highest BCUT2D eigenvalue weighted by Gasteiger charge is 2.22. The monoisotopic (exact) mass is 297 g/mol. The summed E-state index contributed by atoms with van der Waals surface area (Å²) in [6.07, 6.45) is 1.13. The SMILES string of the molecule is CCOC(=O)c1cn(CC)c2c(F)c(F)c(O)cc2c1=O. The number of aryl methyl sites for hydroxylation is 1. The number of pyridine rings is 1. The molecule has 7 heteroatoms. The third-order valence-electron chi connectivity index (χ3n) is 3.06. The molecule has 0 aliphatic heterocycles. The van der Waals surface area contributed by atoms with Crippen LogP contribution in [0, 0.1) is 11.6 Å². The van der Waals surface area contributed by atoms with E-state index in [1.807, 2.05) is 0 Å². The number of aromatic nitrogens is 1. The summed E-state index contributed by atoms with van der Waals surface area (Å²) >= 11 is 0. The molecule has 0 fully saturated rings. The molecule has 0 saturated heterocycles. The normalized spacial score (nSPS) is 10.9. The standard InChI is InChI=1S/C14H13F2NO4/c1-3-17-6-8(14(20)21-4-2)13(19)7-5-9(18)10(15)11(16)12(7)17/h5-6,18H,3-4H2,1-2H3. The summed E-state index contributed by atoms with van der Waals surface area (Å²) in [7, 11) is 0. The van der Waals surface area contributed by atoms with Gasteiger partial charge in [0.25, 0.3) is 0 Å². The molecule has 0 unspecified atom stereocenters. The lowest BCUT2D eigenvalue weighted by Crippen LogP contribution is -2.21. The summed E-state index contributed by atoms with van der Waals surface area (Å²) in [5.74, 6) is -4.61. The van der Waals surface area contributed by atoms with Gasteiger partial charge in [-0.2, -0.15) is 4.39 Å². The summed E-state index contributed by atoms with van der Waals surface area (Å²) in [5.41, 5.74) is -1.41. The second kappa shape index (κ2) is 5.51. The van der Waals surface area contributed by atoms with Crippen molar-refractivity contribution in [1.82, 2.24) is 4.57 Å². The molecule has 0 amide bonds. The van der Waals surface area contributed by atoms with Crippen LogP contribution in [0.5, 0.6) is 5.75 Å².